The van der Waals surface area contributed by atoms with Gasteiger partial charge in [0.05, 0.1) is 0 Å². The van der Waals surface area contributed by atoms with Gasteiger partial charge < -0.3 is 23.3 Å². The van der Waals surface area contributed by atoms with Crippen LogP contribution in [-0.4, -0.2) is 47.4 Å². The van der Waals surface area contributed by atoms with E-state index < -0.39 is 20.5 Å². The lowest BCUT2D eigenvalue weighted by atomic mass is 9.70. The maximum Gasteiger partial charge on any atom is 0.500 e. The zero-order chi connectivity index (χ0) is 23.5. The number of nitrogens with one attached hydrogen (secondary N) is 1. The highest BCUT2D eigenvalue weighted by Gasteiger charge is 2.39. The molecule has 7 heteroatoms. The zero-order valence-electron chi connectivity index (χ0n) is 20.9. The molecule has 1 unspecified atom stereocenters. The molecule has 0 aromatic rings. The van der Waals surface area contributed by atoms with Crippen molar-refractivity contribution in [2.45, 2.75) is 91.7 Å². The van der Waals surface area contributed by atoms with Crippen LogP contribution in [0, 0.1) is 5.41 Å². The zero-order valence-corrected chi connectivity index (χ0v) is 21.9. The molecule has 6 nitrogen and oxygen atoms in total. The molecule has 1 aliphatic rings. The first-order valence-corrected chi connectivity index (χ1v) is 13.6. The van der Waals surface area contributed by atoms with E-state index in [0.717, 1.165) is 12.8 Å². The molecule has 1 atom stereocenters. The molecule has 0 saturated carbocycles. The van der Waals surface area contributed by atoms with Gasteiger partial charge in [-0.05, 0) is 77.7 Å². The van der Waals surface area contributed by atoms with E-state index in [-0.39, 0.29) is 5.41 Å². The molecular formula is C24H45NO5Si. The molecule has 0 fully saturated rings. The molecule has 0 radical (unpaired) electrons. The average Bonchev–Trinajstić information content (AvgIpc) is 2.70. The second kappa shape index (κ2) is 12.8. The standard InChI is InChI=1S/C24H45NO5Si/c1-9-24(7,17-15-21-20(4)14-12-16-23(21,5)6)30-22(26)25-18-13-19-31(27-8,28-10-2)29-11-3/h9H,1,10-19H2,2-8H3,(H,25,26). The molecule has 1 amide bonds. The number of allylic oxidation sites excluding steroid dienone is 2. The van der Waals surface area contributed by atoms with Crippen LogP contribution in [0.2, 0.25) is 6.04 Å². The van der Waals surface area contributed by atoms with E-state index in [9.17, 15) is 4.79 Å². The van der Waals surface area contributed by atoms with E-state index in [4.69, 9.17) is 18.0 Å². The van der Waals surface area contributed by atoms with E-state index in [1.54, 1.807) is 13.2 Å². The first-order chi connectivity index (χ1) is 14.6. The van der Waals surface area contributed by atoms with Crippen molar-refractivity contribution in [2.75, 3.05) is 26.9 Å². The van der Waals surface area contributed by atoms with Crippen LogP contribution in [0.15, 0.2) is 23.8 Å². The first-order valence-electron chi connectivity index (χ1n) is 11.7. The Bertz CT molecular complexity index is 613. The van der Waals surface area contributed by atoms with Crippen LogP contribution in [0.25, 0.3) is 0 Å². The summed E-state index contributed by atoms with van der Waals surface area (Å²) in [6.45, 7) is 18.1. The topological polar surface area (TPSA) is 66.0 Å². The Morgan fingerprint density at radius 1 is 1.29 bits per heavy atom. The Balaban J connectivity index is 2.55. The van der Waals surface area contributed by atoms with Crippen molar-refractivity contribution in [3.05, 3.63) is 23.8 Å². The Hall–Kier alpha value is -1.15. The predicted molar refractivity (Wildman–Crippen MR) is 128 cm³/mol. The van der Waals surface area contributed by atoms with Crippen LogP contribution < -0.4 is 5.32 Å². The summed E-state index contributed by atoms with van der Waals surface area (Å²) in [5.74, 6) is 0. The molecule has 1 aliphatic carbocycles. The normalized spacial score (nSPS) is 18.4. The lowest BCUT2D eigenvalue weighted by Gasteiger charge is -2.36. The number of hydrogen-bond donors (Lipinski definition) is 1. The van der Waals surface area contributed by atoms with Gasteiger partial charge in [-0.1, -0.05) is 31.6 Å². The fraction of sp³-hybridized carbons (Fsp3) is 0.792. The van der Waals surface area contributed by atoms with Crippen LogP contribution in [0.1, 0.15) is 80.1 Å². The van der Waals surface area contributed by atoms with Gasteiger partial charge in [-0.2, -0.15) is 0 Å². The van der Waals surface area contributed by atoms with Gasteiger partial charge in [0.1, 0.15) is 5.60 Å². The summed E-state index contributed by atoms with van der Waals surface area (Å²) in [5.41, 5.74) is 2.50. The Morgan fingerprint density at radius 3 is 2.45 bits per heavy atom. The van der Waals surface area contributed by atoms with Gasteiger partial charge in [-0.25, -0.2) is 4.79 Å². The predicted octanol–water partition coefficient (Wildman–Crippen LogP) is 6.01. The third-order valence-corrected chi connectivity index (χ3v) is 9.33. The second-order valence-corrected chi connectivity index (χ2v) is 12.0. The van der Waals surface area contributed by atoms with Crippen molar-refractivity contribution in [1.82, 2.24) is 5.32 Å². The van der Waals surface area contributed by atoms with Crippen LogP contribution >= 0.6 is 0 Å². The number of amides is 1. The Morgan fingerprint density at radius 2 is 1.94 bits per heavy atom. The summed E-state index contributed by atoms with van der Waals surface area (Å²) in [4.78, 5) is 12.4. The minimum absolute atomic E-state index is 0.214. The summed E-state index contributed by atoms with van der Waals surface area (Å²) >= 11 is 0. The molecule has 0 aliphatic heterocycles. The van der Waals surface area contributed by atoms with Gasteiger partial charge in [-0.3, -0.25) is 0 Å². The quantitative estimate of drug-likeness (QED) is 0.197. The summed E-state index contributed by atoms with van der Waals surface area (Å²) in [5, 5.41) is 2.85. The van der Waals surface area contributed by atoms with Crippen LogP contribution in [-0.2, 0) is 18.0 Å². The molecule has 1 rings (SSSR count). The highest BCUT2D eigenvalue weighted by atomic mass is 28.4. The van der Waals surface area contributed by atoms with Crippen molar-refractivity contribution in [3.63, 3.8) is 0 Å². The van der Waals surface area contributed by atoms with Crippen molar-refractivity contribution < 1.29 is 22.8 Å². The van der Waals surface area contributed by atoms with E-state index in [2.05, 4.69) is 32.7 Å². The van der Waals surface area contributed by atoms with E-state index in [1.165, 1.54) is 30.4 Å². The Kier molecular flexibility index (Phi) is 11.5. The van der Waals surface area contributed by atoms with Gasteiger partial charge >= 0.3 is 14.9 Å². The number of alkyl carbamates (subject to hydrolysis) is 1. The van der Waals surface area contributed by atoms with Crippen molar-refractivity contribution in [3.8, 4) is 0 Å². The second-order valence-electron chi connectivity index (χ2n) is 9.19. The van der Waals surface area contributed by atoms with Gasteiger partial charge in [0.2, 0.25) is 0 Å². The molecule has 0 heterocycles. The Labute approximate surface area is 191 Å². The minimum atomic E-state index is -2.66. The molecule has 0 saturated heterocycles. The number of carbonyl (C=O) groups excluding carboxylic acids is 1. The fourth-order valence-corrected chi connectivity index (χ4v) is 6.68. The van der Waals surface area contributed by atoms with E-state index >= 15 is 0 Å². The molecule has 0 bridgehead atoms. The molecule has 0 spiro atoms. The van der Waals surface area contributed by atoms with Crippen LogP contribution in [0.4, 0.5) is 4.79 Å². The van der Waals surface area contributed by atoms with Crippen LogP contribution in [0.3, 0.4) is 0 Å². The number of rotatable bonds is 14. The molecule has 0 aromatic carbocycles. The number of hydrogen-bond acceptors (Lipinski definition) is 5. The van der Waals surface area contributed by atoms with Crippen molar-refractivity contribution in [1.29, 1.82) is 0 Å². The van der Waals surface area contributed by atoms with Gasteiger partial charge in [0.25, 0.3) is 0 Å². The molecule has 0 aromatic heterocycles. The lowest BCUT2D eigenvalue weighted by molar-refractivity contribution is 0.0526. The van der Waals surface area contributed by atoms with E-state index in [1.807, 2.05) is 20.8 Å². The smallest absolute Gasteiger partial charge is 0.439 e. The third kappa shape index (κ3) is 8.71. The van der Waals surface area contributed by atoms with E-state index in [0.29, 0.717) is 32.2 Å². The average molecular weight is 456 g/mol. The third-order valence-electron chi connectivity index (χ3n) is 6.28. The molecule has 180 valence electrons. The van der Waals surface area contributed by atoms with Gasteiger partial charge in [0.15, 0.2) is 0 Å². The summed E-state index contributed by atoms with van der Waals surface area (Å²) in [7, 11) is -1.04. The van der Waals surface area contributed by atoms with Crippen molar-refractivity contribution in [2.24, 2.45) is 5.41 Å². The monoisotopic (exact) mass is 455 g/mol. The largest absolute Gasteiger partial charge is 0.500 e. The summed E-state index contributed by atoms with van der Waals surface area (Å²) in [6.07, 6.45) is 7.29. The maximum absolute atomic E-state index is 12.4. The highest BCUT2D eigenvalue weighted by molar-refractivity contribution is 6.60. The molecule has 1 N–H and O–H groups in total. The molecular weight excluding hydrogens is 410 g/mol. The highest BCUT2D eigenvalue weighted by Crippen LogP contribution is 2.43. The number of ether oxygens (including phenoxy) is 1. The van der Waals surface area contributed by atoms with Gasteiger partial charge in [-0.15, -0.1) is 0 Å². The number of carbonyl (C=O) groups is 1. The van der Waals surface area contributed by atoms with Crippen LogP contribution in [0.5, 0.6) is 0 Å². The summed E-state index contributed by atoms with van der Waals surface area (Å²) in [6, 6.07) is 0.646. The molecule has 31 heavy (non-hydrogen) atoms. The minimum Gasteiger partial charge on any atom is -0.439 e. The summed E-state index contributed by atoms with van der Waals surface area (Å²) < 4.78 is 22.9. The fourth-order valence-electron chi connectivity index (χ4n) is 4.38. The van der Waals surface area contributed by atoms with Gasteiger partial charge in [0, 0.05) is 32.9 Å². The van der Waals surface area contributed by atoms with Crippen molar-refractivity contribution >= 4 is 14.9 Å². The SMILES string of the molecule is C=CC(C)(CCC1=C(C)CCCC1(C)C)OC(=O)NCCC[Si](OC)(OCC)OCC. The first kappa shape index (κ1) is 27.9. The maximum atomic E-state index is 12.4. The lowest BCUT2D eigenvalue weighted by Crippen LogP contribution is -2.45.